The lowest BCUT2D eigenvalue weighted by Gasteiger charge is -2.27. The van der Waals surface area contributed by atoms with Crippen LogP contribution in [-0.2, 0) is 19.4 Å². The lowest BCUT2D eigenvalue weighted by atomic mass is 10.1. The van der Waals surface area contributed by atoms with Crippen LogP contribution in [-0.4, -0.2) is 27.1 Å². The summed E-state index contributed by atoms with van der Waals surface area (Å²) in [6.45, 7) is 8.02. The first-order valence-electron chi connectivity index (χ1n) is 8.60. The Morgan fingerprint density at radius 2 is 2.13 bits per heavy atom. The Hall–Kier alpha value is -1.62. The number of aromatic nitrogens is 2. The van der Waals surface area contributed by atoms with E-state index in [1.54, 1.807) is 17.5 Å². The van der Waals surface area contributed by atoms with Gasteiger partial charge in [-0.3, -0.25) is 9.48 Å². The van der Waals surface area contributed by atoms with Gasteiger partial charge >= 0.3 is 0 Å². The minimum Gasteiger partial charge on any atom is -0.333 e. The molecule has 0 unspecified atom stereocenters. The highest BCUT2D eigenvalue weighted by Crippen LogP contribution is 2.27. The normalized spacial score (nSPS) is 14.3. The number of amides is 1. The van der Waals surface area contributed by atoms with Crippen molar-refractivity contribution in [2.24, 2.45) is 0 Å². The lowest BCUT2D eigenvalue weighted by Crippen LogP contribution is -2.35. The molecule has 0 aromatic carbocycles. The maximum atomic E-state index is 13.0. The summed E-state index contributed by atoms with van der Waals surface area (Å²) in [5.74, 6) is 0.137. The number of carbonyl (C=O) groups is 1. The van der Waals surface area contributed by atoms with E-state index < -0.39 is 0 Å². The first kappa shape index (κ1) is 16.2. The molecule has 3 heterocycles. The fourth-order valence-corrected chi connectivity index (χ4v) is 4.40. The summed E-state index contributed by atoms with van der Waals surface area (Å²) >= 11 is 1.75. The third-order valence-electron chi connectivity index (χ3n) is 4.86. The molecular weight excluding hydrogens is 306 g/mol. The van der Waals surface area contributed by atoms with E-state index in [9.17, 15) is 4.79 Å². The smallest absolute Gasteiger partial charge is 0.257 e. The van der Waals surface area contributed by atoms with Crippen molar-refractivity contribution < 1.29 is 4.79 Å². The molecule has 0 saturated carbocycles. The van der Waals surface area contributed by atoms with Crippen molar-refractivity contribution >= 4 is 17.2 Å². The Kier molecular flexibility index (Phi) is 4.85. The molecule has 0 saturated heterocycles. The van der Waals surface area contributed by atoms with E-state index in [0.29, 0.717) is 6.04 Å². The van der Waals surface area contributed by atoms with Crippen LogP contribution in [0.5, 0.6) is 0 Å². The van der Waals surface area contributed by atoms with Gasteiger partial charge < -0.3 is 4.90 Å². The molecule has 2 aromatic heterocycles. The molecule has 0 spiro atoms. The van der Waals surface area contributed by atoms with Crippen molar-refractivity contribution in [3.8, 4) is 0 Å². The second-order valence-corrected chi connectivity index (χ2v) is 7.12. The Bertz CT molecular complexity index is 684. The van der Waals surface area contributed by atoms with Crippen LogP contribution in [0.2, 0.25) is 0 Å². The summed E-state index contributed by atoms with van der Waals surface area (Å²) in [7, 11) is 0. The summed E-state index contributed by atoms with van der Waals surface area (Å²) in [6, 6.07) is 2.57. The zero-order valence-corrected chi connectivity index (χ0v) is 15.0. The number of carbonyl (C=O) groups excluding carboxylic acids is 1. The zero-order valence-electron chi connectivity index (χ0n) is 14.2. The molecular formula is C18H25N3OS. The van der Waals surface area contributed by atoms with Gasteiger partial charge in [0, 0.05) is 11.4 Å². The Balaban J connectivity index is 1.86. The highest BCUT2D eigenvalue weighted by molar-refractivity contribution is 7.10. The van der Waals surface area contributed by atoms with E-state index in [1.807, 2.05) is 4.90 Å². The molecule has 0 aliphatic carbocycles. The molecule has 124 valence electrons. The van der Waals surface area contributed by atoms with Crippen LogP contribution in [0.3, 0.4) is 0 Å². The molecule has 0 atom stereocenters. The van der Waals surface area contributed by atoms with Crippen LogP contribution in [0.1, 0.15) is 66.1 Å². The third kappa shape index (κ3) is 2.94. The standard InChI is InChI=1S/C18H25N3OS/c1-4-14(5-2)21-16(6-3)15(11-19-21)18(22)20-9-7-13-8-10-23-17(13)12-20/h8,10-11,14H,4-7,9,12H2,1-3H3. The first-order valence-corrected chi connectivity index (χ1v) is 9.48. The molecule has 0 radical (unpaired) electrons. The van der Waals surface area contributed by atoms with Gasteiger partial charge in [-0.1, -0.05) is 20.8 Å². The maximum absolute atomic E-state index is 13.0. The van der Waals surface area contributed by atoms with E-state index >= 15 is 0 Å². The molecule has 0 fully saturated rings. The highest BCUT2D eigenvalue weighted by atomic mass is 32.1. The van der Waals surface area contributed by atoms with Gasteiger partial charge in [-0.15, -0.1) is 11.3 Å². The number of thiophene rings is 1. The summed E-state index contributed by atoms with van der Waals surface area (Å²) < 4.78 is 2.08. The van der Waals surface area contributed by atoms with Gasteiger partial charge in [-0.2, -0.15) is 5.10 Å². The van der Waals surface area contributed by atoms with Crippen molar-refractivity contribution in [2.75, 3.05) is 6.54 Å². The van der Waals surface area contributed by atoms with Gasteiger partial charge in [0.05, 0.1) is 30.0 Å². The van der Waals surface area contributed by atoms with Gasteiger partial charge in [-0.05, 0) is 42.7 Å². The Morgan fingerprint density at radius 3 is 2.83 bits per heavy atom. The zero-order chi connectivity index (χ0) is 16.4. The summed E-state index contributed by atoms with van der Waals surface area (Å²) in [5.41, 5.74) is 3.28. The van der Waals surface area contributed by atoms with Crippen molar-refractivity contribution in [1.29, 1.82) is 0 Å². The number of hydrogen-bond donors (Lipinski definition) is 0. The summed E-state index contributed by atoms with van der Waals surface area (Å²) in [4.78, 5) is 16.3. The van der Waals surface area contributed by atoms with Crippen molar-refractivity contribution in [3.05, 3.63) is 39.3 Å². The first-order chi connectivity index (χ1) is 11.2. The predicted molar refractivity (Wildman–Crippen MR) is 94.0 cm³/mol. The molecule has 1 aliphatic rings. The summed E-state index contributed by atoms with van der Waals surface area (Å²) in [5, 5.41) is 6.68. The molecule has 1 amide bonds. The fraction of sp³-hybridized carbons (Fsp3) is 0.556. The lowest BCUT2D eigenvalue weighted by molar-refractivity contribution is 0.0735. The Morgan fingerprint density at radius 1 is 1.35 bits per heavy atom. The van der Waals surface area contributed by atoms with Crippen LogP contribution in [0.4, 0.5) is 0 Å². The maximum Gasteiger partial charge on any atom is 0.257 e. The summed E-state index contributed by atoms with van der Waals surface area (Å²) in [6.07, 6.45) is 5.67. The molecule has 3 rings (SSSR count). The molecule has 1 aliphatic heterocycles. The molecule has 5 heteroatoms. The molecule has 0 bridgehead atoms. The van der Waals surface area contributed by atoms with Crippen molar-refractivity contribution in [2.45, 2.75) is 59.0 Å². The fourth-order valence-electron chi connectivity index (χ4n) is 3.45. The molecule has 2 aromatic rings. The second-order valence-electron chi connectivity index (χ2n) is 6.12. The van der Waals surface area contributed by atoms with E-state index in [4.69, 9.17) is 0 Å². The van der Waals surface area contributed by atoms with Gasteiger partial charge in [-0.25, -0.2) is 0 Å². The van der Waals surface area contributed by atoms with Crippen molar-refractivity contribution in [3.63, 3.8) is 0 Å². The highest BCUT2D eigenvalue weighted by Gasteiger charge is 2.26. The van der Waals surface area contributed by atoms with Crippen LogP contribution in [0, 0.1) is 0 Å². The molecule has 0 N–H and O–H groups in total. The van der Waals surface area contributed by atoms with Gasteiger partial charge in [0.25, 0.3) is 5.91 Å². The number of nitrogens with zero attached hydrogens (tertiary/aromatic N) is 3. The topological polar surface area (TPSA) is 38.1 Å². The van der Waals surface area contributed by atoms with E-state index in [2.05, 4.69) is 42.0 Å². The largest absolute Gasteiger partial charge is 0.333 e. The van der Waals surface area contributed by atoms with E-state index in [-0.39, 0.29) is 5.91 Å². The molecule has 4 nitrogen and oxygen atoms in total. The minimum absolute atomic E-state index is 0.137. The molecule has 23 heavy (non-hydrogen) atoms. The SMILES string of the molecule is CCc1c(C(=O)N2CCc3ccsc3C2)cnn1C(CC)CC. The average molecular weight is 331 g/mol. The average Bonchev–Trinajstić information content (AvgIpc) is 3.21. The van der Waals surface area contributed by atoms with Crippen LogP contribution >= 0.6 is 11.3 Å². The van der Waals surface area contributed by atoms with Gasteiger partial charge in [0.1, 0.15) is 0 Å². The van der Waals surface area contributed by atoms with Crippen LogP contribution in [0.25, 0.3) is 0 Å². The number of hydrogen-bond acceptors (Lipinski definition) is 3. The van der Waals surface area contributed by atoms with Crippen LogP contribution in [0.15, 0.2) is 17.6 Å². The van der Waals surface area contributed by atoms with Gasteiger partial charge in [0.15, 0.2) is 0 Å². The predicted octanol–water partition coefficient (Wildman–Crippen LogP) is 4.07. The Labute approximate surface area is 142 Å². The second kappa shape index (κ2) is 6.87. The van der Waals surface area contributed by atoms with Gasteiger partial charge in [0.2, 0.25) is 0 Å². The van der Waals surface area contributed by atoms with Crippen LogP contribution < -0.4 is 0 Å². The number of fused-ring (bicyclic) bond motifs is 1. The minimum atomic E-state index is 0.137. The van der Waals surface area contributed by atoms with Crippen molar-refractivity contribution in [1.82, 2.24) is 14.7 Å². The van der Waals surface area contributed by atoms with E-state index in [1.165, 1.54) is 10.4 Å². The quantitative estimate of drug-likeness (QED) is 0.828. The van der Waals surface area contributed by atoms with E-state index in [0.717, 1.165) is 50.0 Å². The third-order valence-corrected chi connectivity index (χ3v) is 5.81. The number of rotatable bonds is 5. The monoisotopic (exact) mass is 331 g/mol.